The van der Waals surface area contributed by atoms with Crippen LogP contribution in [0.1, 0.15) is 0 Å². The lowest BCUT2D eigenvalue weighted by atomic mass is 9.91. The van der Waals surface area contributed by atoms with E-state index >= 15 is 0 Å². The molecule has 0 amide bonds. The SMILES string of the molecule is c1ccc(-c2nc(-c3cc(-c4cc5ccccc5c5ccccc45)cc4oc5ccccc5c34)nc3c2sc2ccccc23)cc1. The highest BCUT2D eigenvalue weighted by molar-refractivity contribution is 7.26. The summed E-state index contributed by atoms with van der Waals surface area (Å²) >= 11 is 1.75. The molecule has 4 heteroatoms. The van der Waals surface area contributed by atoms with Gasteiger partial charge in [0.15, 0.2) is 5.82 Å². The Hall–Kier alpha value is -5.84. The van der Waals surface area contributed by atoms with Gasteiger partial charge in [0, 0.05) is 32.0 Å². The van der Waals surface area contributed by atoms with Crippen molar-refractivity contribution in [3.8, 4) is 33.8 Å². The Bertz CT molecular complexity index is 2810. The van der Waals surface area contributed by atoms with Crippen molar-refractivity contribution in [3.63, 3.8) is 0 Å². The minimum absolute atomic E-state index is 0.693. The van der Waals surface area contributed by atoms with Crippen molar-refractivity contribution in [2.75, 3.05) is 0 Å². The van der Waals surface area contributed by atoms with Crippen LogP contribution in [-0.4, -0.2) is 9.97 Å². The van der Waals surface area contributed by atoms with Crippen molar-refractivity contribution in [1.82, 2.24) is 9.97 Å². The predicted octanol–water partition coefficient (Wildman–Crippen LogP) is 12.1. The van der Waals surface area contributed by atoms with Crippen LogP contribution in [0.3, 0.4) is 0 Å². The van der Waals surface area contributed by atoms with Gasteiger partial charge in [0.05, 0.1) is 15.9 Å². The van der Waals surface area contributed by atoms with Gasteiger partial charge in [-0.25, -0.2) is 9.97 Å². The Morgan fingerprint density at radius 3 is 2.04 bits per heavy atom. The van der Waals surface area contributed by atoms with Crippen molar-refractivity contribution in [3.05, 3.63) is 146 Å². The Morgan fingerprint density at radius 1 is 0.478 bits per heavy atom. The predicted molar refractivity (Wildman–Crippen MR) is 194 cm³/mol. The fraction of sp³-hybridized carbons (Fsp3) is 0. The van der Waals surface area contributed by atoms with E-state index in [-0.39, 0.29) is 0 Å². The minimum Gasteiger partial charge on any atom is -0.456 e. The number of nitrogens with zero attached hydrogens (tertiary/aromatic N) is 2. The average molecular weight is 605 g/mol. The summed E-state index contributed by atoms with van der Waals surface area (Å²) in [5.74, 6) is 0.693. The first-order valence-corrected chi connectivity index (χ1v) is 16.2. The highest BCUT2D eigenvalue weighted by atomic mass is 32.1. The largest absolute Gasteiger partial charge is 0.456 e. The molecule has 0 spiro atoms. The summed E-state index contributed by atoms with van der Waals surface area (Å²) in [6.45, 7) is 0. The lowest BCUT2D eigenvalue weighted by molar-refractivity contribution is 0.669. The summed E-state index contributed by atoms with van der Waals surface area (Å²) in [4.78, 5) is 10.7. The van der Waals surface area contributed by atoms with E-state index in [4.69, 9.17) is 14.4 Å². The van der Waals surface area contributed by atoms with E-state index in [0.717, 1.165) is 65.5 Å². The molecular weight excluding hydrogens is 581 g/mol. The Kier molecular flexibility index (Phi) is 5.45. The lowest BCUT2D eigenvalue weighted by Crippen LogP contribution is -1.95. The van der Waals surface area contributed by atoms with Crippen LogP contribution in [0.15, 0.2) is 150 Å². The first-order valence-electron chi connectivity index (χ1n) is 15.4. The van der Waals surface area contributed by atoms with Crippen molar-refractivity contribution < 1.29 is 4.42 Å². The van der Waals surface area contributed by atoms with E-state index in [1.807, 2.05) is 18.2 Å². The molecule has 3 heterocycles. The maximum absolute atomic E-state index is 6.58. The number of hydrogen-bond donors (Lipinski definition) is 0. The standard InChI is InChI=1S/C42H24N2OS/c1-2-12-25(13-3-1)39-41-40(32-19-9-11-21-37(32)46-41)44-42(43-39)34-23-27(24-36-38(34)31-18-8-10-20-35(31)45-36)33-22-26-14-4-5-15-28(26)29-16-6-7-17-30(29)33/h1-24H. The molecule has 0 aliphatic carbocycles. The summed E-state index contributed by atoms with van der Waals surface area (Å²) in [5.41, 5.74) is 7.87. The van der Waals surface area contributed by atoms with E-state index in [9.17, 15) is 0 Å². The Morgan fingerprint density at radius 2 is 1.17 bits per heavy atom. The molecule has 7 aromatic carbocycles. The van der Waals surface area contributed by atoms with E-state index < -0.39 is 0 Å². The second-order valence-corrected chi connectivity index (χ2v) is 12.8. The zero-order valence-corrected chi connectivity index (χ0v) is 25.4. The maximum Gasteiger partial charge on any atom is 0.161 e. The topological polar surface area (TPSA) is 38.9 Å². The van der Waals surface area contributed by atoms with Crippen LogP contribution in [-0.2, 0) is 0 Å². The number of benzene rings is 7. The molecule has 0 bridgehead atoms. The van der Waals surface area contributed by atoms with Crippen LogP contribution in [0, 0.1) is 0 Å². The average Bonchev–Trinajstić information content (AvgIpc) is 3.69. The van der Waals surface area contributed by atoms with Crippen LogP contribution < -0.4 is 0 Å². The third-order valence-corrected chi connectivity index (χ3v) is 10.2. The molecule has 0 aliphatic rings. The molecule has 3 nitrogen and oxygen atoms in total. The first-order chi connectivity index (χ1) is 22.8. The molecule has 10 rings (SSSR count). The Labute approximate surface area is 268 Å². The highest BCUT2D eigenvalue weighted by Gasteiger charge is 2.21. The van der Waals surface area contributed by atoms with E-state index in [2.05, 4.69) is 127 Å². The van der Waals surface area contributed by atoms with Crippen molar-refractivity contribution >= 4 is 75.1 Å². The quantitative estimate of drug-likeness (QED) is 0.188. The molecule has 46 heavy (non-hydrogen) atoms. The number of furan rings is 1. The summed E-state index contributed by atoms with van der Waals surface area (Å²) < 4.78 is 8.88. The zero-order chi connectivity index (χ0) is 30.2. The lowest BCUT2D eigenvalue weighted by Gasteiger charge is -2.13. The van der Waals surface area contributed by atoms with Gasteiger partial charge < -0.3 is 4.42 Å². The maximum atomic E-state index is 6.58. The number of para-hydroxylation sites is 1. The van der Waals surface area contributed by atoms with E-state index in [1.54, 1.807) is 11.3 Å². The fourth-order valence-corrected chi connectivity index (χ4v) is 8.14. The minimum atomic E-state index is 0.693. The van der Waals surface area contributed by atoms with Crippen LogP contribution >= 0.6 is 11.3 Å². The van der Waals surface area contributed by atoms with Crippen LogP contribution in [0.5, 0.6) is 0 Å². The zero-order valence-electron chi connectivity index (χ0n) is 24.6. The molecule has 0 unspecified atom stereocenters. The molecule has 0 N–H and O–H groups in total. The van der Waals surface area contributed by atoms with E-state index in [0.29, 0.717) is 5.82 Å². The van der Waals surface area contributed by atoms with Crippen molar-refractivity contribution in [2.24, 2.45) is 0 Å². The third-order valence-electron chi connectivity index (χ3n) is 9.07. The molecule has 0 saturated heterocycles. The van der Waals surface area contributed by atoms with Crippen molar-refractivity contribution in [1.29, 1.82) is 0 Å². The molecule has 3 aromatic heterocycles. The van der Waals surface area contributed by atoms with Gasteiger partial charge in [-0.2, -0.15) is 0 Å². The second-order valence-electron chi connectivity index (χ2n) is 11.7. The van der Waals surface area contributed by atoms with Gasteiger partial charge in [-0.1, -0.05) is 115 Å². The van der Waals surface area contributed by atoms with Gasteiger partial charge in [0.25, 0.3) is 0 Å². The number of fused-ring (bicyclic) bond motifs is 9. The fourth-order valence-electron chi connectivity index (χ4n) is 6.98. The summed E-state index contributed by atoms with van der Waals surface area (Å²) in [5, 5.41) is 8.12. The number of hydrogen-bond acceptors (Lipinski definition) is 4. The Balaban J connectivity index is 1.35. The molecule has 0 saturated carbocycles. The molecule has 10 aromatic rings. The number of thiophene rings is 1. The van der Waals surface area contributed by atoms with Crippen LogP contribution in [0.4, 0.5) is 0 Å². The van der Waals surface area contributed by atoms with Gasteiger partial charge in [-0.05, 0) is 63.0 Å². The smallest absolute Gasteiger partial charge is 0.161 e. The summed E-state index contributed by atoms with van der Waals surface area (Å²) in [6.07, 6.45) is 0. The first kappa shape index (κ1) is 25.5. The van der Waals surface area contributed by atoms with Crippen LogP contribution in [0.25, 0.3) is 97.6 Å². The number of rotatable bonds is 3. The van der Waals surface area contributed by atoms with Gasteiger partial charge in [-0.15, -0.1) is 11.3 Å². The van der Waals surface area contributed by atoms with Gasteiger partial charge >= 0.3 is 0 Å². The molecule has 0 fully saturated rings. The second kappa shape index (κ2) is 9.83. The third kappa shape index (κ3) is 3.77. The summed E-state index contributed by atoms with van der Waals surface area (Å²) in [7, 11) is 0. The number of aromatic nitrogens is 2. The normalized spacial score (nSPS) is 11.9. The van der Waals surface area contributed by atoms with Gasteiger partial charge in [0.1, 0.15) is 11.2 Å². The summed E-state index contributed by atoms with van der Waals surface area (Å²) in [6, 6.07) is 51.3. The highest BCUT2D eigenvalue weighted by Crippen LogP contribution is 2.44. The molecule has 0 aliphatic heterocycles. The molecule has 0 atom stereocenters. The molecular formula is C42H24N2OS. The molecule has 0 radical (unpaired) electrons. The van der Waals surface area contributed by atoms with E-state index in [1.165, 1.54) is 26.2 Å². The van der Waals surface area contributed by atoms with Gasteiger partial charge in [-0.3, -0.25) is 0 Å². The van der Waals surface area contributed by atoms with Gasteiger partial charge in [0.2, 0.25) is 0 Å². The van der Waals surface area contributed by atoms with Crippen molar-refractivity contribution in [2.45, 2.75) is 0 Å². The van der Waals surface area contributed by atoms with Crippen LogP contribution in [0.2, 0.25) is 0 Å². The monoisotopic (exact) mass is 604 g/mol. The molecule has 214 valence electrons.